The highest BCUT2D eigenvalue weighted by Crippen LogP contribution is 2.20. The second kappa shape index (κ2) is 4.90. The summed E-state index contributed by atoms with van der Waals surface area (Å²) in [5.41, 5.74) is 0.656. The van der Waals surface area contributed by atoms with E-state index in [2.05, 4.69) is 4.72 Å². The summed E-state index contributed by atoms with van der Waals surface area (Å²) < 4.78 is 36.0. The summed E-state index contributed by atoms with van der Waals surface area (Å²) >= 11 is 0. The lowest BCUT2D eigenvalue weighted by Crippen LogP contribution is -2.23. The molecule has 0 atom stereocenters. The van der Waals surface area contributed by atoms with E-state index < -0.39 is 21.8 Å². The van der Waals surface area contributed by atoms with Crippen molar-refractivity contribution in [1.82, 2.24) is 4.72 Å². The Balaban J connectivity index is 2.22. The van der Waals surface area contributed by atoms with Crippen molar-refractivity contribution < 1.29 is 27.2 Å². The van der Waals surface area contributed by atoms with E-state index >= 15 is 0 Å². The maximum atomic E-state index is 12.0. The first kappa shape index (κ1) is 13.4. The van der Waals surface area contributed by atoms with E-state index in [1.807, 2.05) is 0 Å². The third kappa shape index (κ3) is 2.85. The Bertz CT molecular complexity index is 683. The van der Waals surface area contributed by atoms with E-state index in [1.54, 1.807) is 6.07 Å². The SMILES string of the molecule is Cc1oc(C(=O)O)cc1S(=O)(=O)NCc1ccoc1. The minimum atomic E-state index is -3.83. The minimum Gasteiger partial charge on any atom is -0.475 e. The first-order valence-electron chi connectivity index (χ1n) is 5.24. The van der Waals surface area contributed by atoms with Crippen LogP contribution in [0.3, 0.4) is 0 Å². The van der Waals surface area contributed by atoms with Crippen LogP contribution in [-0.2, 0) is 16.6 Å². The molecule has 7 nitrogen and oxygen atoms in total. The first-order chi connectivity index (χ1) is 8.90. The number of carboxylic acid groups (broad SMARTS) is 1. The van der Waals surface area contributed by atoms with Crippen LogP contribution in [0.2, 0.25) is 0 Å². The van der Waals surface area contributed by atoms with Crippen molar-refractivity contribution in [3.63, 3.8) is 0 Å². The molecule has 0 bridgehead atoms. The Morgan fingerprint density at radius 2 is 2.21 bits per heavy atom. The second-order valence-electron chi connectivity index (χ2n) is 3.79. The number of hydrogen-bond donors (Lipinski definition) is 2. The lowest BCUT2D eigenvalue weighted by Gasteiger charge is -2.03. The molecule has 0 aliphatic rings. The Kier molecular flexibility index (Phi) is 3.45. The average molecular weight is 285 g/mol. The molecule has 0 aliphatic carbocycles. The van der Waals surface area contributed by atoms with Gasteiger partial charge in [-0.2, -0.15) is 0 Å². The van der Waals surface area contributed by atoms with E-state index in [9.17, 15) is 13.2 Å². The number of aryl methyl sites for hydroxylation is 1. The van der Waals surface area contributed by atoms with Crippen molar-refractivity contribution in [3.05, 3.63) is 41.7 Å². The molecule has 19 heavy (non-hydrogen) atoms. The predicted molar refractivity (Wildman–Crippen MR) is 63.1 cm³/mol. The summed E-state index contributed by atoms with van der Waals surface area (Å²) in [4.78, 5) is 10.5. The Morgan fingerprint density at radius 3 is 2.74 bits per heavy atom. The molecule has 0 amide bonds. The van der Waals surface area contributed by atoms with Gasteiger partial charge in [0, 0.05) is 18.2 Å². The molecule has 102 valence electrons. The van der Waals surface area contributed by atoms with Crippen LogP contribution in [0.1, 0.15) is 21.9 Å². The van der Waals surface area contributed by atoms with Crippen LogP contribution in [-0.4, -0.2) is 19.5 Å². The molecule has 0 aromatic carbocycles. The molecule has 0 fully saturated rings. The van der Waals surface area contributed by atoms with Crippen LogP contribution in [0.15, 0.2) is 38.4 Å². The quantitative estimate of drug-likeness (QED) is 0.858. The number of carboxylic acids is 1. The van der Waals surface area contributed by atoms with Gasteiger partial charge in [-0.1, -0.05) is 0 Å². The van der Waals surface area contributed by atoms with Crippen LogP contribution in [0.5, 0.6) is 0 Å². The van der Waals surface area contributed by atoms with Crippen LogP contribution < -0.4 is 4.72 Å². The normalized spacial score (nSPS) is 11.6. The van der Waals surface area contributed by atoms with Gasteiger partial charge in [-0.3, -0.25) is 0 Å². The fraction of sp³-hybridized carbons (Fsp3) is 0.182. The summed E-state index contributed by atoms with van der Waals surface area (Å²) in [5.74, 6) is -1.71. The van der Waals surface area contributed by atoms with Gasteiger partial charge in [-0.05, 0) is 13.0 Å². The summed E-state index contributed by atoms with van der Waals surface area (Å²) in [7, 11) is -3.83. The highest BCUT2D eigenvalue weighted by atomic mass is 32.2. The van der Waals surface area contributed by atoms with Crippen LogP contribution in [0.25, 0.3) is 0 Å². The number of rotatable bonds is 5. The van der Waals surface area contributed by atoms with Crippen molar-refractivity contribution in [3.8, 4) is 0 Å². The van der Waals surface area contributed by atoms with Gasteiger partial charge in [0.1, 0.15) is 10.7 Å². The van der Waals surface area contributed by atoms with Crippen LogP contribution >= 0.6 is 0 Å². The maximum Gasteiger partial charge on any atom is 0.371 e. The van der Waals surface area contributed by atoms with Gasteiger partial charge in [0.25, 0.3) is 0 Å². The zero-order valence-electron chi connectivity index (χ0n) is 9.91. The molecule has 2 aromatic heterocycles. The molecule has 2 heterocycles. The second-order valence-corrected chi connectivity index (χ2v) is 5.53. The maximum absolute atomic E-state index is 12.0. The monoisotopic (exact) mass is 285 g/mol. The van der Waals surface area contributed by atoms with Crippen molar-refractivity contribution in [2.75, 3.05) is 0 Å². The largest absolute Gasteiger partial charge is 0.475 e. The topological polar surface area (TPSA) is 110 Å². The van der Waals surface area contributed by atoms with Gasteiger partial charge >= 0.3 is 5.97 Å². The minimum absolute atomic E-state index is 0.0251. The van der Waals surface area contributed by atoms with Crippen molar-refractivity contribution in [2.45, 2.75) is 18.4 Å². The zero-order valence-corrected chi connectivity index (χ0v) is 10.7. The highest BCUT2D eigenvalue weighted by molar-refractivity contribution is 7.89. The van der Waals surface area contributed by atoms with Crippen LogP contribution in [0, 0.1) is 6.92 Å². The van der Waals surface area contributed by atoms with Crippen molar-refractivity contribution in [1.29, 1.82) is 0 Å². The summed E-state index contributed by atoms with van der Waals surface area (Å²) in [6.45, 7) is 1.44. The van der Waals surface area contributed by atoms with Gasteiger partial charge in [-0.25, -0.2) is 17.9 Å². The van der Waals surface area contributed by atoms with Gasteiger partial charge in [0.05, 0.1) is 12.5 Å². The fourth-order valence-electron chi connectivity index (χ4n) is 1.49. The highest BCUT2D eigenvalue weighted by Gasteiger charge is 2.23. The number of furan rings is 2. The van der Waals surface area contributed by atoms with E-state index in [4.69, 9.17) is 13.9 Å². The van der Waals surface area contributed by atoms with Gasteiger partial charge < -0.3 is 13.9 Å². The van der Waals surface area contributed by atoms with Crippen molar-refractivity contribution in [2.24, 2.45) is 0 Å². The third-order valence-electron chi connectivity index (χ3n) is 2.42. The molecule has 8 heteroatoms. The van der Waals surface area contributed by atoms with Crippen molar-refractivity contribution >= 4 is 16.0 Å². The Labute approximate surface area is 108 Å². The standard InChI is InChI=1S/C11H11NO6S/c1-7-10(4-9(18-7)11(13)14)19(15,16)12-5-8-2-3-17-6-8/h2-4,6,12H,5H2,1H3,(H,13,14). The Morgan fingerprint density at radius 1 is 1.47 bits per heavy atom. The molecule has 0 saturated heterocycles. The summed E-state index contributed by atoms with van der Waals surface area (Å²) in [6.07, 6.45) is 2.84. The van der Waals surface area contributed by atoms with Crippen LogP contribution in [0.4, 0.5) is 0 Å². The van der Waals surface area contributed by atoms with Gasteiger partial charge in [-0.15, -0.1) is 0 Å². The summed E-state index contributed by atoms with van der Waals surface area (Å²) in [5, 5.41) is 8.75. The molecule has 0 unspecified atom stereocenters. The molecule has 0 aliphatic heterocycles. The smallest absolute Gasteiger partial charge is 0.371 e. The van der Waals surface area contributed by atoms with E-state index in [0.717, 1.165) is 6.07 Å². The van der Waals surface area contributed by atoms with E-state index in [-0.39, 0.29) is 17.2 Å². The number of nitrogens with one attached hydrogen (secondary N) is 1. The number of hydrogen-bond acceptors (Lipinski definition) is 5. The molecule has 2 rings (SSSR count). The Hall–Kier alpha value is -2.06. The average Bonchev–Trinajstić information content (AvgIpc) is 2.95. The molecule has 2 N–H and O–H groups in total. The summed E-state index contributed by atoms with van der Waals surface area (Å²) in [6, 6.07) is 2.60. The van der Waals surface area contributed by atoms with Gasteiger partial charge in [0.2, 0.25) is 15.8 Å². The number of carbonyl (C=O) groups is 1. The van der Waals surface area contributed by atoms with E-state index in [0.29, 0.717) is 5.56 Å². The zero-order chi connectivity index (χ0) is 14.0. The van der Waals surface area contributed by atoms with E-state index in [1.165, 1.54) is 19.5 Å². The number of sulfonamides is 1. The van der Waals surface area contributed by atoms with Gasteiger partial charge in [0.15, 0.2) is 0 Å². The molecular formula is C11H11NO6S. The molecular weight excluding hydrogens is 274 g/mol. The number of aromatic carboxylic acids is 1. The molecule has 2 aromatic rings. The lowest BCUT2D eigenvalue weighted by atomic mass is 10.4. The molecule has 0 saturated carbocycles. The lowest BCUT2D eigenvalue weighted by molar-refractivity contribution is 0.0661. The third-order valence-corrected chi connectivity index (χ3v) is 3.93. The molecule has 0 radical (unpaired) electrons. The molecule has 0 spiro atoms. The first-order valence-corrected chi connectivity index (χ1v) is 6.73. The predicted octanol–water partition coefficient (Wildman–Crippen LogP) is 1.36. The fourth-order valence-corrected chi connectivity index (χ4v) is 2.68.